The molecule has 0 aliphatic heterocycles. The van der Waals surface area contributed by atoms with Gasteiger partial charge in [0.05, 0.1) is 6.20 Å². The predicted molar refractivity (Wildman–Crippen MR) is 64.0 cm³/mol. The van der Waals surface area contributed by atoms with Crippen LogP contribution in [0.2, 0.25) is 0 Å². The standard InChI is InChI=1S/C14H13N2/c1-15-10-11-16-9-5-8-13(16)14(15)12-6-3-2-4-7-12/h2-11H,1H3/q+1. The van der Waals surface area contributed by atoms with Gasteiger partial charge in [-0.2, -0.15) is 4.57 Å². The summed E-state index contributed by atoms with van der Waals surface area (Å²) in [6.45, 7) is 0. The zero-order valence-corrected chi connectivity index (χ0v) is 9.17. The lowest BCUT2D eigenvalue weighted by atomic mass is 10.1. The predicted octanol–water partition coefficient (Wildman–Crippen LogP) is 2.43. The van der Waals surface area contributed by atoms with Crippen molar-refractivity contribution in [1.82, 2.24) is 4.40 Å². The van der Waals surface area contributed by atoms with Gasteiger partial charge in [0, 0.05) is 11.8 Å². The third-order valence-electron chi connectivity index (χ3n) is 2.87. The molecule has 2 heteroatoms. The number of hydrogen-bond acceptors (Lipinski definition) is 0. The SMILES string of the molecule is C[n+]1ccn2cccc2c1-c1ccccc1. The van der Waals surface area contributed by atoms with Crippen LogP contribution in [0.5, 0.6) is 0 Å². The van der Waals surface area contributed by atoms with E-state index in [0.717, 1.165) is 0 Å². The number of benzene rings is 1. The van der Waals surface area contributed by atoms with Gasteiger partial charge in [0.1, 0.15) is 12.6 Å². The average molecular weight is 209 g/mol. The van der Waals surface area contributed by atoms with E-state index in [1.807, 2.05) is 6.07 Å². The Bertz CT molecular complexity index is 624. The van der Waals surface area contributed by atoms with Gasteiger partial charge in [-0.1, -0.05) is 18.2 Å². The lowest BCUT2D eigenvalue weighted by Gasteiger charge is -2.02. The maximum absolute atomic E-state index is 2.16. The van der Waals surface area contributed by atoms with Gasteiger partial charge in [-0.05, 0) is 24.3 Å². The Balaban J connectivity index is 2.38. The molecule has 0 atom stereocenters. The van der Waals surface area contributed by atoms with Crippen molar-refractivity contribution >= 4 is 5.52 Å². The maximum Gasteiger partial charge on any atom is 0.236 e. The molecule has 0 aliphatic rings. The van der Waals surface area contributed by atoms with Crippen LogP contribution < -0.4 is 4.57 Å². The lowest BCUT2D eigenvalue weighted by Crippen LogP contribution is -2.31. The Morgan fingerprint density at radius 1 is 0.938 bits per heavy atom. The zero-order valence-electron chi connectivity index (χ0n) is 9.17. The molecule has 3 aromatic rings. The molecule has 16 heavy (non-hydrogen) atoms. The summed E-state index contributed by atoms with van der Waals surface area (Å²) < 4.78 is 4.30. The number of nitrogens with zero attached hydrogens (tertiary/aromatic N) is 2. The van der Waals surface area contributed by atoms with Gasteiger partial charge in [-0.15, -0.1) is 0 Å². The Hall–Kier alpha value is -2.09. The third kappa shape index (κ3) is 1.31. The summed E-state index contributed by atoms with van der Waals surface area (Å²) in [7, 11) is 2.08. The molecule has 0 radical (unpaired) electrons. The molecule has 0 aliphatic carbocycles. The first-order valence-corrected chi connectivity index (χ1v) is 5.37. The second-order valence-electron chi connectivity index (χ2n) is 3.92. The van der Waals surface area contributed by atoms with Crippen molar-refractivity contribution in [3.05, 3.63) is 61.1 Å². The van der Waals surface area contributed by atoms with Crippen molar-refractivity contribution in [2.45, 2.75) is 0 Å². The van der Waals surface area contributed by atoms with Gasteiger partial charge in [-0.3, -0.25) is 0 Å². The number of fused-ring (bicyclic) bond motifs is 1. The summed E-state index contributed by atoms with van der Waals surface area (Å²) in [5.74, 6) is 0. The van der Waals surface area contributed by atoms with E-state index >= 15 is 0 Å². The molecule has 0 fully saturated rings. The van der Waals surface area contributed by atoms with Crippen molar-refractivity contribution < 1.29 is 4.57 Å². The number of hydrogen-bond donors (Lipinski definition) is 0. The molecule has 78 valence electrons. The first-order valence-electron chi connectivity index (χ1n) is 5.37. The molecule has 0 spiro atoms. The van der Waals surface area contributed by atoms with E-state index in [1.165, 1.54) is 16.8 Å². The summed E-state index contributed by atoms with van der Waals surface area (Å²) in [5.41, 5.74) is 3.72. The fourth-order valence-electron chi connectivity index (χ4n) is 2.10. The molecule has 0 bridgehead atoms. The second-order valence-corrected chi connectivity index (χ2v) is 3.92. The second kappa shape index (κ2) is 3.49. The molecule has 1 aromatic carbocycles. The summed E-state index contributed by atoms with van der Waals surface area (Å²) in [4.78, 5) is 0. The molecular weight excluding hydrogens is 196 g/mol. The highest BCUT2D eigenvalue weighted by atomic mass is 15.0. The smallest absolute Gasteiger partial charge is 0.236 e. The fraction of sp³-hybridized carbons (Fsp3) is 0.0714. The van der Waals surface area contributed by atoms with E-state index in [9.17, 15) is 0 Å². The monoisotopic (exact) mass is 209 g/mol. The quantitative estimate of drug-likeness (QED) is 0.544. The van der Waals surface area contributed by atoms with Crippen molar-refractivity contribution in [2.75, 3.05) is 0 Å². The highest BCUT2D eigenvalue weighted by Crippen LogP contribution is 2.20. The minimum atomic E-state index is 1.23. The topological polar surface area (TPSA) is 8.29 Å². The van der Waals surface area contributed by atoms with Crippen molar-refractivity contribution in [1.29, 1.82) is 0 Å². The summed E-state index contributed by atoms with van der Waals surface area (Å²) >= 11 is 0. The van der Waals surface area contributed by atoms with E-state index in [1.54, 1.807) is 0 Å². The third-order valence-corrected chi connectivity index (χ3v) is 2.87. The summed E-state index contributed by atoms with van der Waals surface area (Å²) in [6, 6.07) is 14.7. The van der Waals surface area contributed by atoms with Gasteiger partial charge in [-0.25, -0.2) is 0 Å². The first-order chi connectivity index (χ1) is 7.86. The van der Waals surface area contributed by atoms with Crippen LogP contribution in [-0.4, -0.2) is 4.40 Å². The minimum absolute atomic E-state index is 1.23. The van der Waals surface area contributed by atoms with Gasteiger partial charge < -0.3 is 4.40 Å². The largest absolute Gasteiger partial charge is 0.312 e. The molecule has 0 N–H and O–H groups in total. The van der Waals surface area contributed by atoms with E-state index in [0.29, 0.717) is 0 Å². The Labute approximate surface area is 94.4 Å². The van der Waals surface area contributed by atoms with Gasteiger partial charge in [0.15, 0.2) is 6.20 Å². The highest BCUT2D eigenvalue weighted by molar-refractivity contribution is 5.74. The van der Waals surface area contributed by atoms with Crippen LogP contribution in [-0.2, 0) is 7.05 Å². The van der Waals surface area contributed by atoms with Crippen molar-refractivity contribution in [3.8, 4) is 11.3 Å². The molecule has 0 saturated heterocycles. The maximum atomic E-state index is 2.16. The van der Waals surface area contributed by atoms with Crippen LogP contribution in [0, 0.1) is 0 Å². The molecule has 0 saturated carbocycles. The Morgan fingerprint density at radius 2 is 1.75 bits per heavy atom. The van der Waals surface area contributed by atoms with Crippen LogP contribution >= 0.6 is 0 Å². The molecule has 3 rings (SSSR count). The molecule has 2 aromatic heterocycles. The lowest BCUT2D eigenvalue weighted by molar-refractivity contribution is -0.659. The van der Waals surface area contributed by atoms with E-state index in [2.05, 4.69) is 71.0 Å². The molecule has 0 unspecified atom stereocenters. The van der Waals surface area contributed by atoms with Gasteiger partial charge >= 0.3 is 0 Å². The van der Waals surface area contributed by atoms with Crippen LogP contribution in [0.1, 0.15) is 0 Å². The number of rotatable bonds is 1. The average Bonchev–Trinajstić information content (AvgIpc) is 2.78. The molecule has 2 heterocycles. The van der Waals surface area contributed by atoms with Crippen LogP contribution in [0.3, 0.4) is 0 Å². The Morgan fingerprint density at radius 3 is 2.56 bits per heavy atom. The van der Waals surface area contributed by atoms with E-state index in [4.69, 9.17) is 0 Å². The highest BCUT2D eigenvalue weighted by Gasteiger charge is 2.13. The summed E-state index contributed by atoms with van der Waals surface area (Å²) in [5, 5.41) is 0. The normalized spacial score (nSPS) is 10.8. The first kappa shape index (κ1) is 9.16. The van der Waals surface area contributed by atoms with Crippen LogP contribution in [0.4, 0.5) is 0 Å². The molecule has 0 amide bonds. The van der Waals surface area contributed by atoms with Gasteiger partial charge in [0.25, 0.3) is 0 Å². The van der Waals surface area contributed by atoms with E-state index in [-0.39, 0.29) is 0 Å². The van der Waals surface area contributed by atoms with Crippen LogP contribution in [0.25, 0.3) is 16.8 Å². The Kier molecular flexibility index (Phi) is 2.00. The minimum Gasteiger partial charge on any atom is -0.312 e. The fourth-order valence-corrected chi connectivity index (χ4v) is 2.10. The summed E-state index contributed by atoms with van der Waals surface area (Å²) in [6.07, 6.45) is 6.22. The van der Waals surface area contributed by atoms with Crippen molar-refractivity contribution in [2.24, 2.45) is 7.05 Å². The van der Waals surface area contributed by atoms with Gasteiger partial charge in [0.2, 0.25) is 5.69 Å². The van der Waals surface area contributed by atoms with E-state index < -0.39 is 0 Å². The number of aryl methyl sites for hydroxylation is 1. The molecule has 2 nitrogen and oxygen atoms in total. The van der Waals surface area contributed by atoms with Crippen molar-refractivity contribution in [3.63, 3.8) is 0 Å². The number of aromatic nitrogens is 2. The zero-order chi connectivity index (χ0) is 11.0. The van der Waals surface area contributed by atoms with Crippen LogP contribution in [0.15, 0.2) is 61.1 Å². The molecular formula is C14H13N2+.